The smallest absolute Gasteiger partial charge is 0.142 e. The predicted octanol–water partition coefficient (Wildman–Crippen LogP) is 5.28. The lowest BCUT2D eigenvalue weighted by Crippen LogP contribution is -1.88. The summed E-state index contributed by atoms with van der Waals surface area (Å²) in [6.07, 6.45) is 6.41. The van der Waals surface area contributed by atoms with Gasteiger partial charge in [0.15, 0.2) is 0 Å². The summed E-state index contributed by atoms with van der Waals surface area (Å²) in [5.41, 5.74) is 5.73. The monoisotopic (exact) mass is 311 g/mol. The zero-order chi connectivity index (χ0) is 16.5. The second-order valence-electron chi connectivity index (χ2n) is 5.86. The van der Waals surface area contributed by atoms with Crippen LogP contribution in [0.4, 0.5) is 0 Å². The molecule has 4 aromatic rings. The molecule has 2 nitrogen and oxygen atoms in total. The number of aryl methyl sites for hydroxylation is 1. The number of carbonyl (C=O) groups is 1. The summed E-state index contributed by atoms with van der Waals surface area (Å²) in [6.45, 7) is 2.10. The van der Waals surface area contributed by atoms with E-state index in [2.05, 4.69) is 60.0 Å². The van der Waals surface area contributed by atoms with Crippen LogP contribution in [0.15, 0.2) is 72.9 Å². The fourth-order valence-corrected chi connectivity index (χ4v) is 3.43. The van der Waals surface area contributed by atoms with E-state index in [1.165, 1.54) is 21.9 Å². The van der Waals surface area contributed by atoms with Crippen molar-refractivity contribution in [2.24, 2.45) is 0 Å². The van der Waals surface area contributed by atoms with Crippen LogP contribution < -0.4 is 0 Å². The van der Waals surface area contributed by atoms with Gasteiger partial charge in [0.05, 0.1) is 5.52 Å². The molecule has 0 aliphatic rings. The Kier molecular flexibility index (Phi) is 3.51. The summed E-state index contributed by atoms with van der Waals surface area (Å²) >= 11 is 0. The van der Waals surface area contributed by atoms with E-state index >= 15 is 0 Å². The van der Waals surface area contributed by atoms with E-state index in [0.29, 0.717) is 0 Å². The van der Waals surface area contributed by atoms with Gasteiger partial charge in [-0.3, -0.25) is 4.79 Å². The van der Waals surface area contributed by atoms with Gasteiger partial charge in [0.2, 0.25) is 0 Å². The Morgan fingerprint density at radius 3 is 2.46 bits per heavy atom. The summed E-state index contributed by atoms with van der Waals surface area (Å²) in [7, 11) is 0. The third-order valence-electron chi connectivity index (χ3n) is 4.52. The van der Waals surface area contributed by atoms with Gasteiger partial charge in [0.1, 0.15) is 6.29 Å². The van der Waals surface area contributed by atoms with Gasteiger partial charge >= 0.3 is 0 Å². The second-order valence-corrected chi connectivity index (χ2v) is 5.86. The van der Waals surface area contributed by atoms with Crippen LogP contribution >= 0.6 is 0 Å². The molecule has 0 bridgehead atoms. The van der Waals surface area contributed by atoms with E-state index in [4.69, 9.17) is 0 Å². The van der Waals surface area contributed by atoms with Gasteiger partial charge in [0, 0.05) is 28.4 Å². The van der Waals surface area contributed by atoms with Gasteiger partial charge in [0.25, 0.3) is 0 Å². The zero-order valence-electron chi connectivity index (χ0n) is 13.4. The van der Waals surface area contributed by atoms with Crippen molar-refractivity contribution >= 4 is 28.7 Å². The van der Waals surface area contributed by atoms with Crippen LogP contribution in [0.3, 0.4) is 0 Å². The number of nitrogens with zero attached hydrogens (tertiary/aromatic N) is 1. The molecule has 0 fully saturated rings. The zero-order valence-corrected chi connectivity index (χ0v) is 13.4. The molecule has 0 atom stereocenters. The molecule has 2 aromatic heterocycles. The molecular formula is C22H17NO. The normalized spacial score (nSPS) is 11.5. The number of allylic oxidation sites excluding steroid dienone is 1. The first-order chi connectivity index (χ1) is 11.8. The highest BCUT2D eigenvalue weighted by molar-refractivity contribution is 6.06. The first-order valence-electron chi connectivity index (χ1n) is 8.01. The number of carbonyl (C=O) groups excluding carboxylic acids is 1. The van der Waals surface area contributed by atoms with Crippen LogP contribution in [0.2, 0.25) is 0 Å². The molecule has 0 N–H and O–H groups in total. The van der Waals surface area contributed by atoms with E-state index in [1.54, 1.807) is 6.08 Å². The fourth-order valence-electron chi connectivity index (χ4n) is 3.43. The lowest BCUT2D eigenvalue weighted by atomic mass is 9.99. The van der Waals surface area contributed by atoms with E-state index in [1.807, 2.05) is 24.3 Å². The minimum Gasteiger partial charge on any atom is -0.319 e. The van der Waals surface area contributed by atoms with Crippen molar-refractivity contribution in [3.63, 3.8) is 0 Å². The molecule has 24 heavy (non-hydrogen) atoms. The molecule has 0 amide bonds. The van der Waals surface area contributed by atoms with Crippen LogP contribution in [0.5, 0.6) is 0 Å². The number of benzene rings is 2. The van der Waals surface area contributed by atoms with Gasteiger partial charge in [-0.25, -0.2) is 0 Å². The van der Waals surface area contributed by atoms with Crippen molar-refractivity contribution in [2.45, 2.75) is 6.92 Å². The van der Waals surface area contributed by atoms with Crippen molar-refractivity contribution < 1.29 is 4.79 Å². The number of hydrogen-bond donors (Lipinski definition) is 0. The van der Waals surface area contributed by atoms with Crippen LogP contribution in [0, 0.1) is 6.92 Å². The summed E-state index contributed by atoms with van der Waals surface area (Å²) in [4.78, 5) is 10.9. The average Bonchev–Trinajstić information content (AvgIpc) is 2.93. The van der Waals surface area contributed by atoms with Crippen LogP contribution in [0.1, 0.15) is 11.3 Å². The quantitative estimate of drug-likeness (QED) is 0.372. The van der Waals surface area contributed by atoms with Crippen molar-refractivity contribution in [1.29, 1.82) is 0 Å². The standard InChI is InChI=1S/C22H17NO/c1-16-19(12-7-15-24)21(18-9-3-2-4-10-18)22-20-11-6-5-8-17(20)13-14-23(16)22/h2-15H,1H3. The first kappa shape index (κ1) is 14.5. The summed E-state index contributed by atoms with van der Waals surface area (Å²) in [6, 6.07) is 20.9. The Morgan fingerprint density at radius 2 is 1.67 bits per heavy atom. The number of hydrogen-bond acceptors (Lipinski definition) is 1. The lowest BCUT2D eigenvalue weighted by Gasteiger charge is -2.06. The van der Waals surface area contributed by atoms with Gasteiger partial charge in [-0.05, 0) is 36.1 Å². The van der Waals surface area contributed by atoms with E-state index < -0.39 is 0 Å². The highest BCUT2D eigenvalue weighted by Gasteiger charge is 2.17. The molecule has 0 unspecified atom stereocenters. The molecule has 0 saturated carbocycles. The number of fused-ring (bicyclic) bond motifs is 3. The molecular weight excluding hydrogens is 294 g/mol. The summed E-state index contributed by atoms with van der Waals surface area (Å²) in [5, 5.41) is 2.43. The minimum atomic E-state index is 0.828. The van der Waals surface area contributed by atoms with Gasteiger partial charge in [-0.2, -0.15) is 0 Å². The molecule has 2 heteroatoms. The maximum absolute atomic E-state index is 10.9. The maximum Gasteiger partial charge on any atom is 0.142 e. The first-order valence-corrected chi connectivity index (χ1v) is 8.01. The van der Waals surface area contributed by atoms with Crippen molar-refractivity contribution in [1.82, 2.24) is 4.40 Å². The van der Waals surface area contributed by atoms with Crippen LogP contribution in [-0.2, 0) is 4.79 Å². The number of aldehydes is 1. The summed E-state index contributed by atoms with van der Waals surface area (Å²) < 4.78 is 2.22. The highest BCUT2D eigenvalue weighted by atomic mass is 16.1. The molecule has 2 heterocycles. The average molecular weight is 311 g/mol. The van der Waals surface area contributed by atoms with E-state index in [-0.39, 0.29) is 0 Å². The topological polar surface area (TPSA) is 21.5 Å². The Labute approximate surface area is 140 Å². The van der Waals surface area contributed by atoms with E-state index in [9.17, 15) is 4.79 Å². The minimum absolute atomic E-state index is 0.828. The Bertz CT molecular complexity index is 1070. The molecule has 0 radical (unpaired) electrons. The molecule has 4 rings (SSSR count). The summed E-state index contributed by atoms with van der Waals surface area (Å²) in [5.74, 6) is 0. The van der Waals surface area contributed by atoms with Gasteiger partial charge in [-0.1, -0.05) is 54.6 Å². The SMILES string of the molecule is Cc1c(C=CC=O)c(-c2ccccc2)c2c3ccccc3ccn12. The Morgan fingerprint density at radius 1 is 0.917 bits per heavy atom. The third-order valence-corrected chi connectivity index (χ3v) is 4.52. The van der Waals surface area contributed by atoms with Gasteiger partial charge < -0.3 is 4.40 Å². The maximum atomic E-state index is 10.9. The van der Waals surface area contributed by atoms with E-state index in [0.717, 1.165) is 23.1 Å². The number of pyridine rings is 1. The van der Waals surface area contributed by atoms with Crippen molar-refractivity contribution in [3.05, 3.63) is 84.2 Å². The molecule has 0 spiro atoms. The third kappa shape index (κ3) is 2.16. The number of rotatable bonds is 3. The van der Waals surface area contributed by atoms with Crippen LogP contribution in [0.25, 0.3) is 33.5 Å². The van der Waals surface area contributed by atoms with Gasteiger partial charge in [-0.15, -0.1) is 0 Å². The molecule has 0 aliphatic heterocycles. The molecule has 0 aliphatic carbocycles. The Hall–Kier alpha value is -3.13. The number of aromatic nitrogens is 1. The van der Waals surface area contributed by atoms with Crippen LogP contribution in [-0.4, -0.2) is 10.7 Å². The fraction of sp³-hybridized carbons (Fsp3) is 0.0455. The second kappa shape index (κ2) is 5.82. The highest BCUT2D eigenvalue weighted by Crippen LogP contribution is 2.37. The predicted molar refractivity (Wildman–Crippen MR) is 100 cm³/mol. The van der Waals surface area contributed by atoms with Crippen molar-refractivity contribution in [3.8, 4) is 11.1 Å². The molecule has 0 saturated heterocycles. The lowest BCUT2D eigenvalue weighted by molar-refractivity contribution is -0.104. The van der Waals surface area contributed by atoms with Crippen molar-refractivity contribution in [2.75, 3.05) is 0 Å². The largest absolute Gasteiger partial charge is 0.319 e. The Balaban J connectivity index is 2.22. The molecule has 2 aromatic carbocycles. The molecule has 116 valence electrons.